The summed E-state index contributed by atoms with van der Waals surface area (Å²) >= 11 is 0. The Morgan fingerprint density at radius 3 is 1.96 bits per heavy atom. The van der Waals surface area contributed by atoms with Crippen LogP contribution in [0, 0.1) is 0 Å². The molecule has 1 fully saturated rings. The van der Waals surface area contributed by atoms with E-state index in [1.54, 1.807) is 4.90 Å². The third-order valence-corrected chi connectivity index (χ3v) is 9.79. The molecule has 1 aliphatic rings. The summed E-state index contributed by atoms with van der Waals surface area (Å²) in [6.07, 6.45) is 0.737. The van der Waals surface area contributed by atoms with Crippen LogP contribution < -0.4 is 5.32 Å². The van der Waals surface area contributed by atoms with E-state index in [1.165, 1.54) is 0 Å². The zero-order valence-electron chi connectivity index (χ0n) is 19.9. The van der Waals surface area contributed by atoms with Crippen molar-refractivity contribution < 1.29 is 18.8 Å². The third kappa shape index (κ3) is 7.39. The number of ether oxygens (including phenoxy) is 1. The minimum Gasteiger partial charge on any atom is -0.444 e. The predicted octanol–water partition coefficient (Wildman–Crippen LogP) is 4.69. The molecule has 0 spiro atoms. The Labute approximate surface area is 172 Å². The summed E-state index contributed by atoms with van der Waals surface area (Å²) in [7, 11) is -1.96. The smallest absolute Gasteiger partial charge is 0.410 e. The Kier molecular flexibility index (Phi) is 7.44. The molecule has 0 aromatic rings. The average Bonchev–Trinajstić information content (AvgIpc) is 2.41. The van der Waals surface area contributed by atoms with Gasteiger partial charge in [0.2, 0.25) is 5.91 Å². The van der Waals surface area contributed by atoms with Crippen molar-refractivity contribution in [3.8, 4) is 0 Å². The van der Waals surface area contributed by atoms with Crippen LogP contribution in [0.15, 0.2) is 0 Å². The molecule has 2 atom stereocenters. The summed E-state index contributed by atoms with van der Waals surface area (Å²) in [5.74, 6) is -0.151. The van der Waals surface area contributed by atoms with Crippen LogP contribution in [0.2, 0.25) is 18.1 Å². The van der Waals surface area contributed by atoms with Crippen molar-refractivity contribution in [3.05, 3.63) is 0 Å². The van der Waals surface area contributed by atoms with E-state index in [0.29, 0.717) is 19.4 Å². The number of piperidine rings is 1. The maximum atomic E-state index is 13.0. The molecule has 1 saturated heterocycles. The first-order chi connectivity index (χ1) is 12.3. The zero-order chi connectivity index (χ0) is 22.1. The number of carbonyl (C=O) groups is 2. The van der Waals surface area contributed by atoms with E-state index in [4.69, 9.17) is 9.16 Å². The molecule has 1 heterocycles. The number of nitrogens with one attached hydrogen (secondary N) is 1. The van der Waals surface area contributed by atoms with Gasteiger partial charge in [0.1, 0.15) is 11.6 Å². The normalized spacial score (nSPS) is 22.0. The standard InChI is InChI=1S/C21H42N2O4Si/c1-19(2,3)22-17(24)16-14-15(27-28(10,11)21(7,8)9)12-13-23(16)18(25)26-20(4,5)6/h15-16H,12-14H2,1-11H3,(H,22,24)/t15-,16+/m1/s1. The summed E-state index contributed by atoms with van der Waals surface area (Å²) in [6.45, 7) is 22.8. The van der Waals surface area contributed by atoms with Gasteiger partial charge in [-0.1, -0.05) is 20.8 Å². The highest BCUT2D eigenvalue weighted by Crippen LogP contribution is 2.39. The molecule has 2 amide bonds. The van der Waals surface area contributed by atoms with Crippen LogP contribution in [0.25, 0.3) is 0 Å². The summed E-state index contributed by atoms with van der Waals surface area (Å²) in [6, 6.07) is -0.586. The van der Waals surface area contributed by atoms with Crippen molar-refractivity contribution in [2.75, 3.05) is 6.54 Å². The van der Waals surface area contributed by atoms with Gasteiger partial charge in [0.25, 0.3) is 0 Å². The lowest BCUT2D eigenvalue weighted by molar-refractivity contribution is -0.130. The van der Waals surface area contributed by atoms with Gasteiger partial charge in [-0.25, -0.2) is 4.79 Å². The predicted molar refractivity (Wildman–Crippen MR) is 116 cm³/mol. The van der Waals surface area contributed by atoms with Crippen LogP contribution in [0.4, 0.5) is 4.79 Å². The Bertz CT molecular complexity index is 570. The van der Waals surface area contributed by atoms with E-state index in [0.717, 1.165) is 0 Å². The topological polar surface area (TPSA) is 67.9 Å². The van der Waals surface area contributed by atoms with Crippen molar-refractivity contribution in [2.45, 2.75) is 117 Å². The third-order valence-electron chi connectivity index (χ3n) is 5.25. The van der Waals surface area contributed by atoms with Crippen LogP contribution in [0.1, 0.15) is 75.2 Å². The van der Waals surface area contributed by atoms with Crippen molar-refractivity contribution >= 4 is 20.3 Å². The van der Waals surface area contributed by atoms with Gasteiger partial charge < -0.3 is 14.5 Å². The average molecular weight is 415 g/mol. The second-order valence-electron chi connectivity index (χ2n) is 11.5. The van der Waals surface area contributed by atoms with Gasteiger partial charge >= 0.3 is 6.09 Å². The van der Waals surface area contributed by atoms with Gasteiger partial charge in [-0.15, -0.1) is 0 Å². The van der Waals surface area contributed by atoms with E-state index in [2.05, 4.69) is 39.2 Å². The quantitative estimate of drug-likeness (QED) is 0.680. The molecule has 28 heavy (non-hydrogen) atoms. The van der Waals surface area contributed by atoms with Gasteiger partial charge in [-0.2, -0.15) is 0 Å². The lowest BCUT2D eigenvalue weighted by atomic mass is 9.98. The van der Waals surface area contributed by atoms with Crippen molar-refractivity contribution in [3.63, 3.8) is 0 Å². The monoisotopic (exact) mass is 414 g/mol. The summed E-state index contributed by atoms with van der Waals surface area (Å²) in [4.78, 5) is 27.3. The fourth-order valence-corrected chi connectivity index (χ4v) is 4.28. The summed E-state index contributed by atoms with van der Waals surface area (Å²) in [5, 5.41) is 3.11. The highest BCUT2D eigenvalue weighted by atomic mass is 28.4. The molecule has 164 valence electrons. The van der Waals surface area contributed by atoms with Crippen molar-refractivity contribution in [1.82, 2.24) is 10.2 Å². The van der Waals surface area contributed by atoms with Crippen LogP contribution >= 0.6 is 0 Å². The molecule has 0 aliphatic carbocycles. The lowest BCUT2D eigenvalue weighted by Crippen LogP contribution is -2.59. The molecule has 0 radical (unpaired) electrons. The highest BCUT2D eigenvalue weighted by Gasteiger charge is 2.44. The number of hydrogen-bond acceptors (Lipinski definition) is 4. The number of carbonyl (C=O) groups excluding carboxylic acids is 2. The van der Waals surface area contributed by atoms with E-state index in [1.807, 2.05) is 41.5 Å². The molecular formula is C21H42N2O4Si. The lowest BCUT2D eigenvalue weighted by Gasteiger charge is -2.44. The van der Waals surface area contributed by atoms with Gasteiger partial charge in [-0.3, -0.25) is 9.69 Å². The fourth-order valence-electron chi connectivity index (χ4n) is 2.87. The highest BCUT2D eigenvalue weighted by molar-refractivity contribution is 6.74. The molecule has 1 aliphatic heterocycles. The molecule has 7 heteroatoms. The van der Waals surface area contributed by atoms with Gasteiger partial charge in [0, 0.05) is 24.6 Å². The molecule has 0 saturated carbocycles. The molecule has 0 aromatic heterocycles. The van der Waals surface area contributed by atoms with Crippen LogP contribution in [-0.4, -0.2) is 55.0 Å². The SMILES string of the molecule is CC(C)(C)NC(=O)[C@@H]1C[C@H](O[Si](C)(C)C(C)(C)C)CCN1C(=O)OC(C)(C)C. The Hall–Kier alpha value is -1.08. The first kappa shape index (κ1) is 25.0. The summed E-state index contributed by atoms with van der Waals surface area (Å²) in [5.41, 5.74) is -0.972. The molecule has 0 unspecified atom stereocenters. The maximum Gasteiger partial charge on any atom is 0.410 e. The molecular weight excluding hydrogens is 372 g/mol. The molecule has 0 bridgehead atoms. The fraction of sp³-hybridized carbons (Fsp3) is 0.905. The number of likely N-dealkylation sites (tertiary alicyclic amines) is 1. The van der Waals surface area contributed by atoms with Gasteiger partial charge in [0.05, 0.1) is 0 Å². The minimum atomic E-state index is -1.96. The number of rotatable bonds is 3. The van der Waals surface area contributed by atoms with Crippen LogP contribution in [-0.2, 0) is 14.0 Å². The first-order valence-electron chi connectivity index (χ1n) is 10.3. The van der Waals surface area contributed by atoms with Crippen LogP contribution in [0.5, 0.6) is 0 Å². The first-order valence-corrected chi connectivity index (χ1v) is 13.2. The second kappa shape index (κ2) is 8.34. The second-order valence-corrected chi connectivity index (χ2v) is 16.2. The van der Waals surface area contributed by atoms with E-state index < -0.39 is 26.1 Å². The minimum absolute atomic E-state index is 0.0321. The largest absolute Gasteiger partial charge is 0.444 e. The van der Waals surface area contributed by atoms with Crippen molar-refractivity contribution in [2.24, 2.45) is 0 Å². The van der Waals surface area contributed by atoms with Crippen molar-refractivity contribution in [1.29, 1.82) is 0 Å². The molecule has 0 aromatic carbocycles. The Morgan fingerprint density at radius 1 is 1.00 bits per heavy atom. The van der Waals surface area contributed by atoms with E-state index in [9.17, 15) is 9.59 Å². The van der Waals surface area contributed by atoms with E-state index in [-0.39, 0.29) is 22.6 Å². The molecule has 6 nitrogen and oxygen atoms in total. The maximum absolute atomic E-state index is 13.0. The summed E-state index contributed by atoms with van der Waals surface area (Å²) < 4.78 is 12.1. The van der Waals surface area contributed by atoms with Gasteiger partial charge in [0.15, 0.2) is 8.32 Å². The zero-order valence-corrected chi connectivity index (χ0v) is 20.9. The number of amides is 2. The van der Waals surface area contributed by atoms with Gasteiger partial charge in [-0.05, 0) is 66.1 Å². The number of nitrogens with zero attached hydrogens (tertiary/aromatic N) is 1. The Balaban J connectivity index is 3.03. The molecule has 1 N–H and O–H groups in total. The van der Waals surface area contributed by atoms with E-state index >= 15 is 0 Å². The van der Waals surface area contributed by atoms with Crippen LogP contribution in [0.3, 0.4) is 0 Å². The molecule has 1 rings (SSSR count). The number of hydrogen-bond donors (Lipinski definition) is 1. The Morgan fingerprint density at radius 2 is 1.54 bits per heavy atom.